The minimum absolute atomic E-state index is 0.374. The molecular formula is C26H37ClN6O3. The Bertz CT molecular complexity index is 989. The highest BCUT2D eigenvalue weighted by Gasteiger charge is 2.29. The van der Waals surface area contributed by atoms with Gasteiger partial charge < -0.3 is 25.3 Å². The van der Waals surface area contributed by atoms with Gasteiger partial charge in [-0.2, -0.15) is 0 Å². The van der Waals surface area contributed by atoms with Crippen LogP contribution in [-0.4, -0.2) is 83.6 Å². The van der Waals surface area contributed by atoms with E-state index in [1.54, 1.807) is 18.6 Å². The van der Waals surface area contributed by atoms with E-state index >= 15 is 0 Å². The van der Waals surface area contributed by atoms with Gasteiger partial charge in [0.15, 0.2) is 0 Å². The largest absolute Gasteiger partial charge is 0.475 e. The maximum Gasteiger partial charge on any atom is 0.232 e. The summed E-state index contributed by atoms with van der Waals surface area (Å²) < 4.78 is 17.0. The Balaban J connectivity index is 1.19. The van der Waals surface area contributed by atoms with E-state index in [4.69, 9.17) is 31.5 Å². The van der Waals surface area contributed by atoms with Crippen LogP contribution in [-0.2, 0) is 9.47 Å². The SMILES string of the molecule is NC1(COc2cncc(-c3cc(NC4CCC(N5CCCOCC5)CC4)ncc3Cl)n2)CCOCC1. The lowest BCUT2D eigenvalue weighted by Crippen LogP contribution is -2.49. The van der Waals surface area contributed by atoms with E-state index in [2.05, 4.69) is 25.2 Å². The van der Waals surface area contributed by atoms with Crippen molar-refractivity contribution in [2.45, 2.75) is 62.6 Å². The topological polar surface area (TPSA) is 108 Å². The number of nitrogens with two attached hydrogens (primary N) is 1. The summed E-state index contributed by atoms with van der Waals surface area (Å²) in [5, 5.41) is 4.15. The third-order valence-electron chi connectivity index (χ3n) is 7.56. The van der Waals surface area contributed by atoms with Crippen molar-refractivity contribution in [1.29, 1.82) is 0 Å². The van der Waals surface area contributed by atoms with E-state index < -0.39 is 5.54 Å². The molecule has 2 aromatic heterocycles. The molecule has 2 aromatic rings. The van der Waals surface area contributed by atoms with Crippen molar-refractivity contribution in [2.24, 2.45) is 5.73 Å². The Morgan fingerprint density at radius 3 is 2.69 bits per heavy atom. The van der Waals surface area contributed by atoms with Crippen molar-refractivity contribution in [3.05, 3.63) is 29.7 Å². The van der Waals surface area contributed by atoms with Crippen LogP contribution in [0.15, 0.2) is 24.7 Å². The zero-order valence-electron chi connectivity index (χ0n) is 20.8. The number of nitrogens with one attached hydrogen (secondary N) is 1. The fraction of sp³-hybridized carbons (Fsp3) is 0.654. The van der Waals surface area contributed by atoms with Crippen LogP contribution >= 0.6 is 11.6 Å². The lowest BCUT2D eigenvalue weighted by Gasteiger charge is -2.36. The second-order valence-corrected chi connectivity index (χ2v) is 10.6. The van der Waals surface area contributed by atoms with Crippen LogP contribution in [0.1, 0.15) is 44.9 Å². The minimum Gasteiger partial charge on any atom is -0.475 e. The Morgan fingerprint density at radius 2 is 1.86 bits per heavy atom. The third-order valence-corrected chi connectivity index (χ3v) is 7.86. The lowest BCUT2D eigenvalue weighted by atomic mass is 9.90. The number of anilines is 1. The first-order chi connectivity index (χ1) is 17.6. The van der Waals surface area contributed by atoms with Crippen molar-refractivity contribution in [3.63, 3.8) is 0 Å². The van der Waals surface area contributed by atoms with Gasteiger partial charge in [0.2, 0.25) is 5.88 Å². The molecule has 3 N–H and O–H groups in total. The summed E-state index contributed by atoms with van der Waals surface area (Å²) in [5.74, 6) is 1.24. The molecule has 9 nitrogen and oxygen atoms in total. The highest BCUT2D eigenvalue weighted by molar-refractivity contribution is 6.33. The predicted molar refractivity (Wildman–Crippen MR) is 139 cm³/mol. The molecule has 2 aliphatic heterocycles. The highest BCUT2D eigenvalue weighted by atomic mass is 35.5. The van der Waals surface area contributed by atoms with Crippen molar-refractivity contribution in [2.75, 3.05) is 51.4 Å². The minimum atomic E-state index is -0.401. The monoisotopic (exact) mass is 516 g/mol. The number of hydrogen-bond acceptors (Lipinski definition) is 9. The van der Waals surface area contributed by atoms with Crippen molar-refractivity contribution in [3.8, 4) is 17.1 Å². The summed E-state index contributed by atoms with van der Waals surface area (Å²) in [5.41, 5.74) is 7.47. The molecule has 2 saturated heterocycles. The summed E-state index contributed by atoms with van der Waals surface area (Å²) in [6.07, 6.45) is 12.3. The summed E-state index contributed by atoms with van der Waals surface area (Å²) in [6.45, 7) is 5.63. The summed E-state index contributed by atoms with van der Waals surface area (Å²) in [7, 11) is 0. The van der Waals surface area contributed by atoms with Gasteiger partial charge in [-0.15, -0.1) is 0 Å². The second kappa shape index (κ2) is 12.0. The van der Waals surface area contributed by atoms with Crippen molar-refractivity contribution < 1.29 is 14.2 Å². The number of aromatic nitrogens is 3. The van der Waals surface area contributed by atoms with Gasteiger partial charge >= 0.3 is 0 Å². The first-order valence-corrected chi connectivity index (χ1v) is 13.5. The number of nitrogens with zero attached hydrogens (tertiary/aromatic N) is 4. The highest BCUT2D eigenvalue weighted by Crippen LogP contribution is 2.31. The van der Waals surface area contributed by atoms with Crippen LogP contribution in [0.3, 0.4) is 0 Å². The quantitative estimate of drug-likeness (QED) is 0.571. The molecule has 0 bridgehead atoms. The predicted octanol–water partition coefficient (Wildman–Crippen LogP) is 3.52. The van der Waals surface area contributed by atoms with Gasteiger partial charge in [0, 0.05) is 56.8 Å². The molecule has 10 heteroatoms. The molecule has 3 aliphatic rings. The summed E-state index contributed by atoms with van der Waals surface area (Å²) in [4.78, 5) is 16.1. The summed E-state index contributed by atoms with van der Waals surface area (Å²) in [6, 6.07) is 3.01. The maximum absolute atomic E-state index is 6.52. The van der Waals surface area contributed by atoms with Gasteiger partial charge in [0.1, 0.15) is 12.4 Å². The van der Waals surface area contributed by atoms with Crippen LogP contribution in [0.4, 0.5) is 5.82 Å². The molecule has 5 rings (SSSR count). The van der Waals surface area contributed by atoms with Crippen LogP contribution in [0, 0.1) is 0 Å². The number of ether oxygens (including phenoxy) is 3. The Morgan fingerprint density at radius 1 is 1.06 bits per heavy atom. The van der Waals surface area contributed by atoms with Crippen molar-refractivity contribution in [1.82, 2.24) is 19.9 Å². The van der Waals surface area contributed by atoms with E-state index in [9.17, 15) is 0 Å². The van der Waals surface area contributed by atoms with E-state index in [1.807, 2.05) is 6.07 Å². The van der Waals surface area contributed by atoms with Crippen LogP contribution in [0.2, 0.25) is 5.02 Å². The number of halogens is 1. The zero-order chi connectivity index (χ0) is 24.8. The molecule has 0 aromatic carbocycles. The average Bonchev–Trinajstić information content (AvgIpc) is 3.20. The second-order valence-electron chi connectivity index (χ2n) is 10.2. The van der Waals surface area contributed by atoms with E-state index in [-0.39, 0.29) is 0 Å². The molecule has 3 fully saturated rings. The van der Waals surface area contributed by atoms with Gasteiger partial charge in [0.05, 0.1) is 35.3 Å². The third kappa shape index (κ3) is 6.63. The van der Waals surface area contributed by atoms with E-state index in [1.165, 1.54) is 12.8 Å². The molecule has 4 heterocycles. The number of rotatable bonds is 7. The molecule has 0 amide bonds. The van der Waals surface area contributed by atoms with Gasteiger partial charge in [-0.1, -0.05) is 11.6 Å². The van der Waals surface area contributed by atoms with Gasteiger partial charge in [-0.3, -0.25) is 9.88 Å². The molecule has 0 unspecified atom stereocenters. The van der Waals surface area contributed by atoms with Crippen LogP contribution in [0.5, 0.6) is 5.88 Å². The van der Waals surface area contributed by atoms with Gasteiger partial charge in [0.25, 0.3) is 0 Å². The summed E-state index contributed by atoms with van der Waals surface area (Å²) >= 11 is 6.52. The molecule has 36 heavy (non-hydrogen) atoms. The normalized spacial score (nSPS) is 25.2. The fourth-order valence-electron chi connectivity index (χ4n) is 5.33. The molecule has 0 spiro atoms. The number of hydrogen-bond donors (Lipinski definition) is 2. The fourth-order valence-corrected chi connectivity index (χ4v) is 5.53. The standard InChI is InChI=1S/C26H37ClN6O3/c27-22-15-30-24(31-19-2-4-20(5-3-19)33-8-1-10-34-13-9-33)14-21(22)23-16-29-17-25(32-23)36-18-26(28)6-11-35-12-7-26/h14-17,19-20H,1-13,18,28H2,(H,30,31). The zero-order valence-corrected chi connectivity index (χ0v) is 21.6. The molecule has 196 valence electrons. The Kier molecular flexibility index (Phi) is 8.54. The first-order valence-electron chi connectivity index (χ1n) is 13.1. The smallest absolute Gasteiger partial charge is 0.232 e. The molecule has 0 radical (unpaired) electrons. The molecule has 1 aliphatic carbocycles. The molecule has 1 saturated carbocycles. The van der Waals surface area contributed by atoms with E-state index in [0.717, 1.165) is 69.8 Å². The van der Waals surface area contributed by atoms with Gasteiger partial charge in [-0.05, 0) is 51.0 Å². The van der Waals surface area contributed by atoms with Crippen molar-refractivity contribution >= 4 is 17.4 Å². The van der Waals surface area contributed by atoms with Crippen LogP contribution < -0.4 is 15.8 Å². The lowest BCUT2D eigenvalue weighted by molar-refractivity contribution is 0.0335. The number of pyridine rings is 1. The first kappa shape index (κ1) is 25.6. The molecule has 0 atom stereocenters. The van der Waals surface area contributed by atoms with Gasteiger partial charge in [-0.25, -0.2) is 9.97 Å². The van der Waals surface area contributed by atoms with E-state index in [0.29, 0.717) is 48.5 Å². The average molecular weight is 517 g/mol. The maximum atomic E-state index is 6.52. The van der Waals surface area contributed by atoms with Crippen LogP contribution in [0.25, 0.3) is 11.3 Å². The Hall–Kier alpha value is -2.04. The molecular weight excluding hydrogens is 480 g/mol. The Labute approximate surface area is 218 Å².